The van der Waals surface area contributed by atoms with Crippen LogP contribution >= 0.6 is 15.9 Å². The third kappa shape index (κ3) is 3.03. The molecule has 2 heterocycles. The Labute approximate surface area is 138 Å². The van der Waals surface area contributed by atoms with Gasteiger partial charge in [-0.1, -0.05) is 12.1 Å². The van der Waals surface area contributed by atoms with Crippen molar-refractivity contribution in [1.82, 2.24) is 4.90 Å². The lowest BCUT2D eigenvalue weighted by molar-refractivity contribution is -0.142. The average Bonchev–Trinajstić information content (AvgIpc) is 2.89. The van der Waals surface area contributed by atoms with Crippen LogP contribution < -0.4 is 4.90 Å². The summed E-state index contributed by atoms with van der Waals surface area (Å²) in [6.45, 7) is 4.21. The van der Waals surface area contributed by atoms with Crippen molar-refractivity contribution in [3.05, 3.63) is 28.7 Å². The van der Waals surface area contributed by atoms with Gasteiger partial charge in [-0.05, 0) is 35.0 Å². The van der Waals surface area contributed by atoms with Crippen LogP contribution in [-0.2, 0) is 14.3 Å². The van der Waals surface area contributed by atoms with Crippen LogP contribution in [0.4, 0.5) is 5.69 Å². The lowest BCUT2D eigenvalue weighted by Gasteiger charge is -2.32. The number of anilines is 1. The number of rotatable bonds is 2. The van der Waals surface area contributed by atoms with Crippen molar-refractivity contribution in [3.63, 3.8) is 0 Å². The molecule has 2 fully saturated rings. The zero-order chi connectivity index (χ0) is 15.7. The van der Waals surface area contributed by atoms with E-state index in [9.17, 15) is 9.59 Å². The summed E-state index contributed by atoms with van der Waals surface area (Å²) < 4.78 is 6.34. The Kier molecular flexibility index (Phi) is 4.49. The Morgan fingerprint density at radius 3 is 2.82 bits per heavy atom. The maximum atomic E-state index is 12.6. The first-order valence-electron chi connectivity index (χ1n) is 7.51. The molecule has 0 unspecified atom stereocenters. The topological polar surface area (TPSA) is 49.9 Å². The molecular weight excluding hydrogens is 348 g/mol. The molecule has 3 rings (SSSR count). The van der Waals surface area contributed by atoms with E-state index in [-0.39, 0.29) is 30.3 Å². The smallest absolute Gasteiger partial charge is 0.228 e. The number of ether oxygens (including phenoxy) is 1. The van der Waals surface area contributed by atoms with Crippen molar-refractivity contribution >= 4 is 33.4 Å². The van der Waals surface area contributed by atoms with E-state index in [4.69, 9.17) is 4.74 Å². The fourth-order valence-corrected chi connectivity index (χ4v) is 3.55. The highest BCUT2D eigenvalue weighted by Gasteiger charge is 2.38. The minimum atomic E-state index is -0.259. The number of hydrogen-bond acceptors (Lipinski definition) is 3. The van der Waals surface area contributed by atoms with Gasteiger partial charge in [0.2, 0.25) is 11.8 Å². The van der Waals surface area contributed by atoms with Crippen LogP contribution in [0.1, 0.15) is 13.3 Å². The standard InChI is InChI=1S/C16H19BrN2O3/c1-11-9-18(6-7-22-11)16(21)12-8-15(20)19(10-12)14-5-3-2-4-13(14)17/h2-5,11-12H,6-10H2,1H3/t11-,12-/m0/s1. The highest BCUT2D eigenvalue weighted by Crippen LogP contribution is 2.32. The Morgan fingerprint density at radius 1 is 1.32 bits per heavy atom. The molecule has 2 atom stereocenters. The predicted molar refractivity (Wildman–Crippen MR) is 86.6 cm³/mol. The molecule has 0 spiro atoms. The summed E-state index contributed by atoms with van der Waals surface area (Å²) >= 11 is 3.47. The predicted octanol–water partition coefficient (Wildman–Crippen LogP) is 2.05. The molecule has 0 N–H and O–H groups in total. The molecule has 0 aliphatic carbocycles. The van der Waals surface area contributed by atoms with Crippen LogP contribution in [0, 0.1) is 5.92 Å². The van der Waals surface area contributed by atoms with Gasteiger partial charge in [0.15, 0.2) is 0 Å². The second kappa shape index (κ2) is 6.38. The maximum Gasteiger partial charge on any atom is 0.228 e. The van der Waals surface area contributed by atoms with Crippen LogP contribution in [0.2, 0.25) is 0 Å². The Hall–Kier alpha value is -1.40. The monoisotopic (exact) mass is 366 g/mol. The fraction of sp³-hybridized carbons (Fsp3) is 0.500. The highest BCUT2D eigenvalue weighted by molar-refractivity contribution is 9.10. The molecule has 22 heavy (non-hydrogen) atoms. The van der Waals surface area contributed by atoms with Crippen molar-refractivity contribution in [1.29, 1.82) is 0 Å². The summed E-state index contributed by atoms with van der Waals surface area (Å²) in [7, 11) is 0. The molecule has 0 aromatic heterocycles. The van der Waals surface area contributed by atoms with Crippen LogP contribution in [0.3, 0.4) is 0 Å². The van der Waals surface area contributed by atoms with Crippen LogP contribution in [0.15, 0.2) is 28.7 Å². The van der Waals surface area contributed by atoms with Gasteiger partial charge < -0.3 is 14.5 Å². The molecule has 118 valence electrons. The molecule has 1 aromatic carbocycles. The maximum absolute atomic E-state index is 12.6. The third-order valence-corrected chi connectivity index (χ3v) is 4.84. The largest absolute Gasteiger partial charge is 0.375 e. The first-order valence-corrected chi connectivity index (χ1v) is 8.31. The summed E-state index contributed by atoms with van der Waals surface area (Å²) in [4.78, 5) is 28.5. The molecule has 2 aliphatic rings. The van der Waals surface area contributed by atoms with E-state index < -0.39 is 0 Å². The molecule has 0 saturated carbocycles. The molecule has 6 heteroatoms. The second-order valence-electron chi connectivity index (χ2n) is 5.82. The fourth-order valence-electron chi connectivity index (χ4n) is 3.05. The van der Waals surface area contributed by atoms with Gasteiger partial charge in [-0.15, -0.1) is 0 Å². The summed E-state index contributed by atoms with van der Waals surface area (Å²) in [6.07, 6.45) is 0.348. The zero-order valence-electron chi connectivity index (χ0n) is 12.5. The molecule has 2 saturated heterocycles. The third-order valence-electron chi connectivity index (χ3n) is 4.17. The SMILES string of the molecule is C[C@H]1CN(C(=O)[C@H]2CC(=O)N(c3ccccc3Br)C2)CCO1. The minimum Gasteiger partial charge on any atom is -0.375 e. The first kappa shape index (κ1) is 15.5. The summed E-state index contributed by atoms with van der Waals surface area (Å²) in [5, 5.41) is 0. The van der Waals surface area contributed by atoms with Gasteiger partial charge in [-0.3, -0.25) is 9.59 Å². The number of morpholine rings is 1. The quantitative estimate of drug-likeness (QED) is 0.804. The lowest BCUT2D eigenvalue weighted by Crippen LogP contribution is -2.47. The number of halogens is 1. The van der Waals surface area contributed by atoms with Crippen molar-refractivity contribution in [2.45, 2.75) is 19.4 Å². The van der Waals surface area contributed by atoms with Gasteiger partial charge in [-0.25, -0.2) is 0 Å². The molecule has 2 aliphatic heterocycles. The van der Waals surface area contributed by atoms with E-state index in [1.165, 1.54) is 0 Å². The number of amides is 2. The number of para-hydroxylation sites is 1. The number of hydrogen-bond donors (Lipinski definition) is 0. The molecule has 2 amide bonds. The minimum absolute atomic E-state index is 0.00607. The van der Waals surface area contributed by atoms with Gasteiger partial charge >= 0.3 is 0 Å². The molecule has 0 radical (unpaired) electrons. The number of benzene rings is 1. The molecule has 5 nitrogen and oxygen atoms in total. The Bertz CT molecular complexity index is 593. The van der Waals surface area contributed by atoms with Crippen molar-refractivity contribution in [3.8, 4) is 0 Å². The van der Waals surface area contributed by atoms with Crippen molar-refractivity contribution in [2.75, 3.05) is 31.1 Å². The van der Waals surface area contributed by atoms with Gasteiger partial charge in [-0.2, -0.15) is 0 Å². The molecule has 0 bridgehead atoms. The average molecular weight is 367 g/mol. The summed E-state index contributed by atoms with van der Waals surface area (Å²) in [5.74, 6) is -0.186. The number of carbonyl (C=O) groups is 2. The molecule has 1 aromatic rings. The van der Waals surface area contributed by atoms with E-state index in [1.807, 2.05) is 36.1 Å². The number of carbonyl (C=O) groups excluding carboxylic acids is 2. The Balaban J connectivity index is 1.72. The van der Waals surface area contributed by atoms with Crippen LogP contribution in [-0.4, -0.2) is 49.1 Å². The van der Waals surface area contributed by atoms with Crippen molar-refractivity contribution in [2.24, 2.45) is 5.92 Å². The number of nitrogens with zero attached hydrogens (tertiary/aromatic N) is 2. The highest BCUT2D eigenvalue weighted by atomic mass is 79.9. The van der Waals surface area contributed by atoms with Crippen molar-refractivity contribution < 1.29 is 14.3 Å². The molecular formula is C16H19BrN2O3. The van der Waals surface area contributed by atoms with Gasteiger partial charge in [0.1, 0.15) is 0 Å². The Morgan fingerprint density at radius 2 is 2.09 bits per heavy atom. The lowest BCUT2D eigenvalue weighted by atomic mass is 10.1. The first-order chi connectivity index (χ1) is 10.6. The van der Waals surface area contributed by atoms with Gasteiger partial charge in [0.25, 0.3) is 0 Å². The van der Waals surface area contributed by atoms with E-state index in [0.29, 0.717) is 26.2 Å². The van der Waals surface area contributed by atoms with Crippen LogP contribution in [0.25, 0.3) is 0 Å². The van der Waals surface area contributed by atoms with Crippen LogP contribution in [0.5, 0.6) is 0 Å². The summed E-state index contributed by atoms with van der Waals surface area (Å²) in [5.41, 5.74) is 0.832. The van der Waals surface area contributed by atoms with Gasteiger partial charge in [0, 0.05) is 30.5 Å². The normalized spacial score (nSPS) is 25.6. The van der Waals surface area contributed by atoms with E-state index in [0.717, 1.165) is 10.2 Å². The van der Waals surface area contributed by atoms with Gasteiger partial charge in [0.05, 0.1) is 24.3 Å². The zero-order valence-corrected chi connectivity index (χ0v) is 14.1. The van der Waals surface area contributed by atoms with E-state index >= 15 is 0 Å². The summed E-state index contributed by atoms with van der Waals surface area (Å²) in [6, 6.07) is 7.60. The second-order valence-corrected chi connectivity index (χ2v) is 6.68. The van der Waals surface area contributed by atoms with E-state index in [1.54, 1.807) is 4.90 Å². The van der Waals surface area contributed by atoms with E-state index in [2.05, 4.69) is 15.9 Å².